The Bertz CT molecular complexity index is 1070. The van der Waals surface area contributed by atoms with Crippen LogP contribution >= 0.6 is 11.3 Å². The van der Waals surface area contributed by atoms with Gasteiger partial charge in [-0.2, -0.15) is 4.31 Å². The molecule has 1 aromatic heterocycles. The van der Waals surface area contributed by atoms with E-state index in [0.29, 0.717) is 36.3 Å². The second kappa shape index (κ2) is 8.62. The van der Waals surface area contributed by atoms with Crippen molar-refractivity contribution in [2.24, 2.45) is 0 Å². The average Bonchev–Trinajstić information content (AvgIpc) is 3.17. The van der Waals surface area contributed by atoms with E-state index in [1.54, 1.807) is 29.6 Å². The van der Waals surface area contributed by atoms with Gasteiger partial charge in [0.05, 0.1) is 13.2 Å². The van der Waals surface area contributed by atoms with Crippen LogP contribution in [0, 0.1) is 5.82 Å². The third kappa shape index (κ3) is 4.67. The summed E-state index contributed by atoms with van der Waals surface area (Å²) in [5.74, 6) is 0.415. The Hall–Kier alpha value is -2.26. The van der Waals surface area contributed by atoms with Gasteiger partial charge in [0.15, 0.2) is 0 Å². The number of ether oxygens (including phenoxy) is 2. The third-order valence-electron chi connectivity index (χ3n) is 4.61. The zero-order valence-electron chi connectivity index (χ0n) is 15.6. The molecule has 0 saturated heterocycles. The van der Waals surface area contributed by atoms with Gasteiger partial charge in [-0.1, -0.05) is 24.3 Å². The van der Waals surface area contributed by atoms with Crippen molar-refractivity contribution in [2.75, 3.05) is 13.2 Å². The van der Waals surface area contributed by atoms with Crippen molar-refractivity contribution in [3.63, 3.8) is 0 Å². The molecule has 29 heavy (non-hydrogen) atoms. The molecule has 0 spiro atoms. The van der Waals surface area contributed by atoms with Crippen molar-refractivity contribution in [1.29, 1.82) is 0 Å². The van der Waals surface area contributed by atoms with Crippen molar-refractivity contribution in [2.45, 2.75) is 24.0 Å². The maximum absolute atomic E-state index is 13.0. The summed E-state index contributed by atoms with van der Waals surface area (Å²) < 4.78 is 52.0. The van der Waals surface area contributed by atoms with Crippen LogP contribution in [0.1, 0.15) is 16.7 Å². The van der Waals surface area contributed by atoms with Gasteiger partial charge in [0.25, 0.3) is 10.0 Å². The van der Waals surface area contributed by atoms with Crippen LogP contribution in [0.3, 0.4) is 0 Å². The normalized spacial score (nSPS) is 14.8. The molecule has 0 radical (unpaired) electrons. The summed E-state index contributed by atoms with van der Waals surface area (Å²) >= 11 is 1.21. The van der Waals surface area contributed by atoms with E-state index in [-0.39, 0.29) is 12.4 Å². The lowest BCUT2D eigenvalue weighted by atomic mass is 10.1. The molecule has 0 atom stereocenters. The molecular formula is C21H20FNO4S2. The Kier molecular flexibility index (Phi) is 5.96. The fourth-order valence-corrected chi connectivity index (χ4v) is 5.67. The molecule has 0 bridgehead atoms. The summed E-state index contributed by atoms with van der Waals surface area (Å²) in [6, 6.07) is 15.2. The number of benzene rings is 2. The van der Waals surface area contributed by atoms with Gasteiger partial charge in [-0.3, -0.25) is 0 Å². The van der Waals surface area contributed by atoms with Gasteiger partial charge < -0.3 is 9.47 Å². The van der Waals surface area contributed by atoms with Crippen molar-refractivity contribution in [3.05, 3.63) is 82.5 Å². The first kappa shape index (κ1) is 20.0. The fraction of sp³-hybridized carbons (Fsp3) is 0.238. The molecule has 152 valence electrons. The van der Waals surface area contributed by atoms with Crippen LogP contribution in [0.5, 0.6) is 5.75 Å². The Morgan fingerprint density at radius 2 is 1.83 bits per heavy atom. The molecule has 0 unspecified atom stereocenters. The van der Waals surface area contributed by atoms with Crippen LogP contribution in [0.15, 0.2) is 64.2 Å². The van der Waals surface area contributed by atoms with E-state index in [1.807, 2.05) is 18.2 Å². The van der Waals surface area contributed by atoms with Crippen LogP contribution in [-0.2, 0) is 34.5 Å². The summed E-state index contributed by atoms with van der Waals surface area (Å²) in [5, 5.41) is 1.76. The first-order chi connectivity index (χ1) is 14.0. The molecule has 4 rings (SSSR count). The molecule has 1 aliphatic heterocycles. The number of thiophene rings is 1. The van der Waals surface area contributed by atoms with Gasteiger partial charge in [-0.15, -0.1) is 11.3 Å². The topological polar surface area (TPSA) is 55.8 Å². The lowest BCUT2D eigenvalue weighted by molar-refractivity contribution is 0.107. The predicted molar refractivity (Wildman–Crippen MR) is 109 cm³/mol. The Labute approximate surface area is 173 Å². The van der Waals surface area contributed by atoms with Crippen molar-refractivity contribution >= 4 is 21.4 Å². The van der Waals surface area contributed by atoms with Crippen LogP contribution in [0.4, 0.5) is 4.39 Å². The monoisotopic (exact) mass is 433 g/mol. The Morgan fingerprint density at radius 3 is 2.59 bits per heavy atom. The lowest BCUT2D eigenvalue weighted by Gasteiger charge is -2.18. The standard InChI is InChI=1S/C21H20FNO4S2/c22-19-6-3-16(4-7-19)14-26-15-17-5-8-20-18(12-17)13-23(9-10-27-20)29(24,25)21-2-1-11-28-21/h1-8,11-12H,9-10,13-15H2. The van der Waals surface area contributed by atoms with E-state index in [1.165, 1.54) is 27.8 Å². The number of hydrogen-bond donors (Lipinski definition) is 0. The molecule has 1 aliphatic rings. The number of nitrogens with zero attached hydrogens (tertiary/aromatic N) is 1. The quantitative estimate of drug-likeness (QED) is 0.585. The summed E-state index contributed by atoms with van der Waals surface area (Å²) in [4.78, 5) is 0. The molecule has 2 heterocycles. The van der Waals surface area contributed by atoms with Gasteiger partial charge >= 0.3 is 0 Å². The van der Waals surface area contributed by atoms with E-state index in [9.17, 15) is 12.8 Å². The van der Waals surface area contributed by atoms with Crippen LogP contribution in [0.2, 0.25) is 0 Å². The zero-order valence-corrected chi connectivity index (χ0v) is 17.2. The first-order valence-electron chi connectivity index (χ1n) is 9.13. The Balaban J connectivity index is 1.46. The molecule has 0 fully saturated rings. The number of rotatable bonds is 6. The zero-order chi connectivity index (χ0) is 20.3. The minimum absolute atomic E-state index is 0.251. The van der Waals surface area contributed by atoms with E-state index in [2.05, 4.69) is 0 Å². The molecule has 2 aromatic carbocycles. The average molecular weight is 434 g/mol. The van der Waals surface area contributed by atoms with E-state index >= 15 is 0 Å². The highest BCUT2D eigenvalue weighted by Crippen LogP contribution is 2.29. The molecule has 8 heteroatoms. The SMILES string of the molecule is O=S(=O)(c1cccs1)N1CCOc2ccc(COCc3ccc(F)cc3)cc2C1. The number of hydrogen-bond acceptors (Lipinski definition) is 5. The summed E-state index contributed by atoms with van der Waals surface area (Å²) in [7, 11) is -3.54. The summed E-state index contributed by atoms with van der Waals surface area (Å²) in [5.41, 5.74) is 2.62. The molecule has 5 nitrogen and oxygen atoms in total. The highest BCUT2D eigenvalue weighted by Gasteiger charge is 2.28. The molecule has 3 aromatic rings. The molecule has 0 saturated carbocycles. The first-order valence-corrected chi connectivity index (χ1v) is 11.4. The van der Waals surface area contributed by atoms with Gasteiger partial charge in [-0.25, -0.2) is 12.8 Å². The summed E-state index contributed by atoms with van der Waals surface area (Å²) in [6.45, 7) is 1.58. The fourth-order valence-electron chi connectivity index (χ4n) is 3.12. The largest absolute Gasteiger partial charge is 0.492 e. The van der Waals surface area contributed by atoms with Crippen LogP contribution in [0.25, 0.3) is 0 Å². The minimum atomic E-state index is -3.54. The van der Waals surface area contributed by atoms with Gasteiger partial charge in [0, 0.05) is 18.7 Å². The maximum Gasteiger partial charge on any atom is 0.252 e. The minimum Gasteiger partial charge on any atom is -0.492 e. The van der Waals surface area contributed by atoms with E-state index < -0.39 is 10.0 Å². The van der Waals surface area contributed by atoms with Crippen molar-refractivity contribution < 1.29 is 22.3 Å². The van der Waals surface area contributed by atoms with Gasteiger partial charge in [-0.05, 0) is 46.8 Å². The molecule has 0 aliphatic carbocycles. The van der Waals surface area contributed by atoms with E-state index in [0.717, 1.165) is 16.7 Å². The third-order valence-corrected chi connectivity index (χ3v) is 7.83. The summed E-state index contributed by atoms with van der Waals surface area (Å²) in [6.07, 6.45) is 0. The maximum atomic E-state index is 13.0. The number of fused-ring (bicyclic) bond motifs is 1. The highest BCUT2D eigenvalue weighted by atomic mass is 32.2. The van der Waals surface area contributed by atoms with Crippen molar-refractivity contribution in [3.8, 4) is 5.75 Å². The lowest BCUT2D eigenvalue weighted by Crippen LogP contribution is -2.32. The second-order valence-corrected chi connectivity index (χ2v) is 9.79. The molecule has 0 N–H and O–H groups in total. The predicted octanol–water partition coefficient (Wildman–Crippen LogP) is 4.19. The van der Waals surface area contributed by atoms with E-state index in [4.69, 9.17) is 9.47 Å². The number of sulfonamides is 1. The van der Waals surface area contributed by atoms with Crippen molar-refractivity contribution in [1.82, 2.24) is 4.31 Å². The highest BCUT2D eigenvalue weighted by molar-refractivity contribution is 7.91. The van der Waals surface area contributed by atoms with Crippen LogP contribution < -0.4 is 4.74 Å². The molecular weight excluding hydrogens is 413 g/mol. The van der Waals surface area contributed by atoms with Gasteiger partial charge in [0.1, 0.15) is 22.4 Å². The smallest absolute Gasteiger partial charge is 0.252 e. The van der Waals surface area contributed by atoms with Gasteiger partial charge in [0.2, 0.25) is 0 Å². The molecule has 0 amide bonds. The van der Waals surface area contributed by atoms with Crippen LogP contribution in [-0.4, -0.2) is 25.9 Å². The Morgan fingerprint density at radius 1 is 1.07 bits per heavy atom. The number of halogens is 1. The second-order valence-electron chi connectivity index (χ2n) is 6.68.